The van der Waals surface area contributed by atoms with E-state index in [0.29, 0.717) is 17.0 Å². The van der Waals surface area contributed by atoms with Crippen LogP contribution in [0, 0.1) is 6.92 Å². The molecule has 23 heavy (non-hydrogen) atoms. The fourth-order valence-electron chi connectivity index (χ4n) is 1.92. The molecule has 0 amide bonds. The minimum absolute atomic E-state index is 0.0103. The molecular formula is C15H19N3O4S. The summed E-state index contributed by atoms with van der Waals surface area (Å²) in [5.41, 5.74) is 0.668. The number of aromatic nitrogens is 2. The second-order valence-electron chi connectivity index (χ2n) is 5.45. The molecule has 0 aromatic carbocycles. The Labute approximate surface area is 135 Å². The van der Waals surface area contributed by atoms with Crippen molar-refractivity contribution in [2.75, 3.05) is 4.72 Å². The van der Waals surface area contributed by atoms with E-state index < -0.39 is 10.0 Å². The molecule has 7 nitrogen and oxygen atoms in total. The zero-order valence-electron chi connectivity index (χ0n) is 13.4. The van der Waals surface area contributed by atoms with Crippen LogP contribution >= 0.6 is 0 Å². The van der Waals surface area contributed by atoms with Crippen molar-refractivity contribution in [1.82, 2.24) is 9.55 Å². The Morgan fingerprint density at radius 3 is 2.61 bits per heavy atom. The number of aryl methyl sites for hydroxylation is 2. The molecule has 124 valence electrons. The molecule has 0 bridgehead atoms. The number of hydrogen-bond donors (Lipinski definition) is 1. The number of pyridine rings is 2. The summed E-state index contributed by atoms with van der Waals surface area (Å²) < 4.78 is 34.2. The first-order chi connectivity index (χ1) is 10.7. The lowest BCUT2D eigenvalue weighted by atomic mass is 10.2. The maximum Gasteiger partial charge on any atom is 0.263 e. The maximum absolute atomic E-state index is 12.5. The first-order valence-electron chi connectivity index (χ1n) is 7.01. The predicted molar refractivity (Wildman–Crippen MR) is 87.2 cm³/mol. The van der Waals surface area contributed by atoms with Crippen LogP contribution in [0.15, 0.2) is 40.4 Å². The third-order valence-electron chi connectivity index (χ3n) is 3.05. The van der Waals surface area contributed by atoms with Gasteiger partial charge in [-0.15, -0.1) is 0 Å². The molecule has 0 atom stereocenters. The predicted octanol–water partition coefficient (Wildman–Crippen LogP) is 1.68. The highest BCUT2D eigenvalue weighted by Crippen LogP contribution is 2.21. The Balaban J connectivity index is 2.36. The number of anilines is 1. The summed E-state index contributed by atoms with van der Waals surface area (Å²) in [6, 6.07) is 2.78. The van der Waals surface area contributed by atoms with Gasteiger partial charge in [0, 0.05) is 31.6 Å². The van der Waals surface area contributed by atoms with Gasteiger partial charge in [0.15, 0.2) is 0 Å². The van der Waals surface area contributed by atoms with Crippen LogP contribution in [-0.4, -0.2) is 24.1 Å². The zero-order valence-corrected chi connectivity index (χ0v) is 14.2. The van der Waals surface area contributed by atoms with Crippen molar-refractivity contribution in [2.24, 2.45) is 7.05 Å². The van der Waals surface area contributed by atoms with E-state index in [0.717, 1.165) is 0 Å². The smallest absolute Gasteiger partial charge is 0.263 e. The summed E-state index contributed by atoms with van der Waals surface area (Å²) in [5.74, 6) is 0.375. The van der Waals surface area contributed by atoms with Gasteiger partial charge in [-0.3, -0.25) is 14.5 Å². The van der Waals surface area contributed by atoms with Crippen molar-refractivity contribution in [3.63, 3.8) is 0 Å². The molecule has 0 aliphatic carbocycles. The maximum atomic E-state index is 12.5. The van der Waals surface area contributed by atoms with Crippen molar-refractivity contribution >= 4 is 15.7 Å². The van der Waals surface area contributed by atoms with Gasteiger partial charge in [-0.05, 0) is 26.3 Å². The van der Waals surface area contributed by atoms with Crippen LogP contribution in [0.25, 0.3) is 0 Å². The van der Waals surface area contributed by atoms with Crippen LogP contribution in [0.2, 0.25) is 0 Å². The van der Waals surface area contributed by atoms with Crippen molar-refractivity contribution in [3.8, 4) is 5.75 Å². The normalized spacial score (nSPS) is 11.5. The Bertz CT molecular complexity index is 873. The van der Waals surface area contributed by atoms with Gasteiger partial charge in [0.25, 0.3) is 15.6 Å². The summed E-state index contributed by atoms with van der Waals surface area (Å²) >= 11 is 0. The van der Waals surface area contributed by atoms with E-state index in [1.165, 1.54) is 35.3 Å². The number of nitrogens with zero attached hydrogens (tertiary/aromatic N) is 2. The van der Waals surface area contributed by atoms with Crippen LogP contribution in [0.4, 0.5) is 5.69 Å². The van der Waals surface area contributed by atoms with Crippen LogP contribution < -0.4 is 15.0 Å². The molecule has 2 heterocycles. The molecule has 1 N–H and O–H groups in total. The molecule has 8 heteroatoms. The third kappa shape index (κ3) is 4.10. The Morgan fingerprint density at radius 1 is 1.26 bits per heavy atom. The molecule has 0 unspecified atom stereocenters. The highest BCUT2D eigenvalue weighted by Gasteiger charge is 2.17. The van der Waals surface area contributed by atoms with Crippen molar-refractivity contribution in [1.29, 1.82) is 0 Å². The van der Waals surface area contributed by atoms with Gasteiger partial charge in [-0.25, -0.2) is 8.42 Å². The van der Waals surface area contributed by atoms with E-state index >= 15 is 0 Å². The highest BCUT2D eigenvalue weighted by molar-refractivity contribution is 7.92. The highest BCUT2D eigenvalue weighted by atomic mass is 32.2. The Kier molecular flexibility index (Phi) is 4.74. The molecule has 0 fully saturated rings. The molecule has 0 aliphatic heterocycles. The first-order valence-corrected chi connectivity index (χ1v) is 8.49. The van der Waals surface area contributed by atoms with E-state index in [2.05, 4.69) is 9.71 Å². The molecule has 2 rings (SSSR count). The van der Waals surface area contributed by atoms with Crippen molar-refractivity contribution in [2.45, 2.75) is 31.8 Å². The molecular weight excluding hydrogens is 318 g/mol. The van der Waals surface area contributed by atoms with E-state index in [-0.39, 0.29) is 16.6 Å². The fourth-order valence-corrected chi connectivity index (χ4v) is 3.01. The molecule has 2 aromatic rings. The first kappa shape index (κ1) is 17.0. The average Bonchev–Trinajstić information content (AvgIpc) is 2.44. The van der Waals surface area contributed by atoms with E-state index in [1.807, 2.05) is 13.8 Å². The summed E-state index contributed by atoms with van der Waals surface area (Å²) in [4.78, 5) is 15.4. The minimum Gasteiger partial charge on any atom is -0.489 e. The van der Waals surface area contributed by atoms with Gasteiger partial charge in [0.05, 0.1) is 18.0 Å². The van der Waals surface area contributed by atoms with Gasteiger partial charge in [0.2, 0.25) is 0 Å². The number of ether oxygens (including phenoxy) is 1. The summed E-state index contributed by atoms with van der Waals surface area (Å²) in [5, 5.41) is 0. The van der Waals surface area contributed by atoms with Crippen molar-refractivity contribution in [3.05, 3.63) is 46.6 Å². The van der Waals surface area contributed by atoms with Crippen molar-refractivity contribution < 1.29 is 13.2 Å². The molecule has 0 radical (unpaired) electrons. The van der Waals surface area contributed by atoms with Crippen LogP contribution in [-0.2, 0) is 17.1 Å². The summed E-state index contributed by atoms with van der Waals surface area (Å²) in [6.07, 6.45) is 4.05. The third-order valence-corrected chi connectivity index (χ3v) is 4.38. The molecule has 0 saturated carbocycles. The fraction of sp³-hybridized carbons (Fsp3) is 0.333. The molecule has 0 saturated heterocycles. The van der Waals surface area contributed by atoms with Gasteiger partial charge >= 0.3 is 0 Å². The van der Waals surface area contributed by atoms with Crippen LogP contribution in [0.5, 0.6) is 5.75 Å². The molecule has 0 spiro atoms. The zero-order chi connectivity index (χ0) is 17.2. The lowest BCUT2D eigenvalue weighted by Gasteiger charge is -2.13. The monoisotopic (exact) mass is 337 g/mol. The van der Waals surface area contributed by atoms with Crippen LogP contribution in [0.1, 0.15) is 19.4 Å². The van der Waals surface area contributed by atoms with Gasteiger partial charge in [-0.2, -0.15) is 0 Å². The molecule has 2 aromatic heterocycles. The summed E-state index contributed by atoms with van der Waals surface area (Å²) in [6.45, 7) is 5.34. The van der Waals surface area contributed by atoms with Gasteiger partial charge < -0.3 is 9.30 Å². The van der Waals surface area contributed by atoms with E-state index in [9.17, 15) is 13.2 Å². The average molecular weight is 337 g/mol. The Morgan fingerprint density at radius 2 is 1.96 bits per heavy atom. The number of rotatable bonds is 5. The second kappa shape index (κ2) is 6.41. The summed E-state index contributed by atoms with van der Waals surface area (Å²) in [7, 11) is -2.28. The van der Waals surface area contributed by atoms with Crippen LogP contribution in [0.3, 0.4) is 0 Å². The topological polar surface area (TPSA) is 90.3 Å². The quantitative estimate of drug-likeness (QED) is 0.896. The number of nitrogens with one attached hydrogen (secondary N) is 1. The van der Waals surface area contributed by atoms with Gasteiger partial charge in [-0.1, -0.05) is 0 Å². The Hall–Kier alpha value is -2.35. The number of hydrogen-bond acceptors (Lipinski definition) is 5. The lowest BCUT2D eigenvalue weighted by Crippen LogP contribution is -2.20. The second-order valence-corrected chi connectivity index (χ2v) is 7.13. The SMILES string of the molecule is Cc1cc(=O)n(C)cc1NS(=O)(=O)c1cncc(OC(C)C)c1. The van der Waals surface area contributed by atoms with E-state index in [4.69, 9.17) is 4.74 Å². The molecule has 0 aliphatic rings. The largest absolute Gasteiger partial charge is 0.489 e. The lowest BCUT2D eigenvalue weighted by molar-refractivity contribution is 0.241. The van der Waals surface area contributed by atoms with E-state index in [1.54, 1.807) is 14.0 Å². The minimum atomic E-state index is -3.83. The number of sulfonamides is 1. The van der Waals surface area contributed by atoms with Gasteiger partial charge in [0.1, 0.15) is 10.6 Å². The standard InChI is InChI=1S/C15H19N3O4S/c1-10(2)22-12-6-13(8-16-7-12)23(20,21)17-14-9-18(4)15(19)5-11(14)3/h5-10,17H,1-4H3.